The maximum Gasteiger partial charge on any atom is 0.222 e. The Hall–Kier alpha value is -3.11. The van der Waals surface area contributed by atoms with E-state index < -0.39 is 6.10 Å². The zero-order valence-corrected chi connectivity index (χ0v) is 19.9. The lowest BCUT2D eigenvalue weighted by atomic mass is 10.1. The summed E-state index contributed by atoms with van der Waals surface area (Å²) < 4.78 is 13.4. The van der Waals surface area contributed by atoms with Gasteiger partial charge in [-0.25, -0.2) is 4.68 Å². The lowest BCUT2D eigenvalue weighted by Gasteiger charge is -2.29. The zero-order chi connectivity index (χ0) is 23.8. The number of terminal acetylenes is 1. The highest BCUT2D eigenvalue weighted by Gasteiger charge is 2.24. The summed E-state index contributed by atoms with van der Waals surface area (Å²) in [4.78, 5) is 2.19. The van der Waals surface area contributed by atoms with Crippen LogP contribution in [0.15, 0.2) is 54.6 Å². The summed E-state index contributed by atoms with van der Waals surface area (Å²) in [6.07, 6.45) is 4.58. The van der Waals surface area contributed by atoms with Crippen LogP contribution in [-0.2, 0) is 18.3 Å². The van der Waals surface area contributed by atoms with E-state index in [0.717, 1.165) is 22.6 Å². The number of ether oxygens (including phenoxy) is 2. The first kappa shape index (κ1) is 24.5. The molecule has 3 aromatic rings. The minimum atomic E-state index is -0.654. The van der Waals surface area contributed by atoms with Crippen molar-refractivity contribution in [2.45, 2.75) is 39.5 Å². The molecule has 1 heterocycles. The van der Waals surface area contributed by atoms with Gasteiger partial charge in [-0.05, 0) is 32.9 Å². The Morgan fingerprint density at radius 1 is 1.12 bits per heavy atom. The molecule has 0 unspecified atom stereocenters. The Morgan fingerprint density at radius 3 is 2.45 bits per heavy atom. The molecule has 0 aliphatic carbocycles. The van der Waals surface area contributed by atoms with Gasteiger partial charge in [0.2, 0.25) is 5.88 Å². The van der Waals surface area contributed by atoms with Gasteiger partial charge in [0.05, 0.1) is 18.3 Å². The normalized spacial score (nSPS) is 12.2. The van der Waals surface area contributed by atoms with Crippen LogP contribution in [0.1, 0.15) is 25.0 Å². The van der Waals surface area contributed by atoms with Crippen LogP contribution >= 0.6 is 0 Å². The summed E-state index contributed by atoms with van der Waals surface area (Å²) in [6.45, 7) is 7.64. The van der Waals surface area contributed by atoms with Crippen LogP contribution in [0.25, 0.3) is 11.3 Å². The second-order valence-electron chi connectivity index (χ2n) is 8.43. The molecule has 1 N–H and O–H groups in total. The maximum absolute atomic E-state index is 10.5. The first-order valence-electron chi connectivity index (χ1n) is 11.2. The van der Waals surface area contributed by atoms with E-state index in [2.05, 4.69) is 24.7 Å². The molecular weight excluding hydrogens is 414 g/mol. The van der Waals surface area contributed by atoms with Crippen molar-refractivity contribution in [2.75, 3.05) is 19.8 Å². The fraction of sp³-hybridized carbons (Fsp3) is 0.370. The largest absolute Gasteiger partial charge is 0.439 e. The fourth-order valence-corrected chi connectivity index (χ4v) is 3.61. The number of aliphatic hydroxyl groups is 1. The molecule has 0 aliphatic heterocycles. The molecule has 0 spiro atoms. The maximum atomic E-state index is 10.5. The predicted molar refractivity (Wildman–Crippen MR) is 131 cm³/mol. The average molecular weight is 448 g/mol. The second-order valence-corrected chi connectivity index (χ2v) is 8.43. The molecule has 0 aliphatic rings. The Balaban J connectivity index is 1.94. The summed E-state index contributed by atoms with van der Waals surface area (Å²) >= 11 is 0. The first-order valence-corrected chi connectivity index (χ1v) is 11.2. The van der Waals surface area contributed by atoms with Crippen LogP contribution < -0.4 is 4.74 Å². The summed E-state index contributed by atoms with van der Waals surface area (Å²) in [5, 5.41) is 15.3. The topological polar surface area (TPSA) is 59.8 Å². The third-order valence-corrected chi connectivity index (χ3v) is 5.40. The number of aliphatic hydroxyl groups excluding tert-OH is 1. The van der Waals surface area contributed by atoms with Gasteiger partial charge in [-0.15, -0.1) is 6.42 Å². The number of aromatic nitrogens is 2. The standard InChI is InChI=1S/C27H33N3O3/c1-6-16-32-19-23(31)17-30(20(2)3)18-25-26(22-10-8-7-9-11-22)28-29(5)27(25)33-24-14-12-21(4)13-15-24/h1,7-15,20,23,31H,16-19H2,2-5H3/t23-/m1/s1. The van der Waals surface area contributed by atoms with Gasteiger partial charge in [0.25, 0.3) is 0 Å². The molecule has 6 heteroatoms. The molecule has 174 valence electrons. The van der Waals surface area contributed by atoms with E-state index in [1.54, 1.807) is 4.68 Å². The highest BCUT2D eigenvalue weighted by Crippen LogP contribution is 2.34. The van der Waals surface area contributed by atoms with Crippen molar-refractivity contribution in [1.29, 1.82) is 0 Å². The SMILES string of the molecule is C#CCOC[C@H](O)CN(Cc1c(-c2ccccc2)nn(C)c1Oc1ccc(C)cc1)C(C)C. The molecule has 0 saturated carbocycles. The van der Waals surface area contributed by atoms with Gasteiger partial charge in [0.1, 0.15) is 18.1 Å². The molecule has 1 atom stereocenters. The first-order chi connectivity index (χ1) is 15.9. The van der Waals surface area contributed by atoms with Crippen molar-refractivity contribution < 1.29 is 14.6 Å². The minimum absolute atomic E-state index is 0.184. The quantitative estimate of drug-likeness (QED) is 0.349. The Labute approximate surface area is 196 Å². The van der Waals surface area contributed by atoms with E-state index in [1.165, 1.54) is 5.56 Å². The number of aryl methyl sites for hydroxylation is 2. The average Bonchev–Trinajstić information content (AvgIpc) is 3.10. The van der Waals surface area contributed by atoms with E-state index >= 15 is 0 Å². The summed E-state index contributed by atoms with van der Waals surface area (Å²) in [7, 11) is 1.89. The van der Waals surface area contributed by atoms with E-state index in [9.17, 15) is 5.11 Å². The number of hydrogen-bond acceptors (Lipinski definition) is 5. The smallest absolute Gasteiger partial charge is 0.222 e. The van der Waals surface area contributed by atoms with Gasteiger partial charge in [0, 0.05) is 31.7 Å². The van der Waals surface area contributed by atoms with Gasteiger partial charge < -0.3 is 14.6 Å². The number of hydrogen-bond donors (Lipinski definition) is 1. The molecule has 0 amide bonds. The van der Waals surface area contributed by atoms with E-state index in [0.29, 0.717) is 19.0 Å². The molecule has 2 aromatic carbocycles. The zero-order valence-electron chi connectivity index (χ0n) is 19.9. The number of rotatable bonds is 11. The Kier molecular flexibility index (Phi) is 8.67. The molecule has 3 rings (SSSR count). The molecule has 0 saturated heterocycles. The monoisotopic (exact) mass is 447 g/mol. The van der Waals surface area contributed by atoms with Crippen molar-refractivity contribution in [1.82, 2.24) is 14.7 Å². The summed E-state index contributed by atoms with van der Waals surface area (Å²) in [5.41, 5.74) is 4.02. The van der Waals surface area contributed by atoms with E-state index in [4.69, 9.17) is 21.0 Å². The lowest BCUT2D eigenvalue weighted by molar-refractivity contribution is 0.0191. The number of benzene rings is 2. The molecule has 0 bridgehead atoms. The van der Waals surface area contributed by atoms with Crippen LogP contribution in [0, 0.1) is 19.3 Å². The molecule has 0 radical (unpaired) electrons. The van der Waals surface area contributed by atoms with Gasteiger partial charge in [-0.3, -0.25) is 4.90 Å². The lowest BCUT2D eigenvalue weighted by Crippen LogP contribution is -2.39. The second kappa shape index (κ2) is 11.7. The van der Waals surface area contributed by atoms with Crippen molar-refractivity contribution >= 4 is 0 Å². The third kappa shape index (κ3) is 6.69. The van der Waals surface area contributed by atoms with Crippen LogP contribution in [0.5, 0.6) is 11.6 Å². The molecule has 1 aromatic heterocycles. The van der Waals surface area contributed by atoms with Gasteiger partial charge >= 0.3 is 0 Å². The van der Waals surface area contributed by atoms with Crippen LogP contribution in [0.4, 0.5) is 0 Å². The summed E-state index contributed by atoms with van der Waals surface area (Å²) in [5.74, 6) is 3.86. The third-order valence-electron chi connectivity index (χ3n) is 5.40. The molecular formula is C27H33N3O3. The van der Waals surface area contributed by atoms with Crippen molar-refractivity contribution in [3.63, 3.8) is 0 Å². The molecule has 33 heavy (non-hydrogen) atoms. The molecule has 0 fully saturated rings. The van der Waals surface area contributed by atoms with Gasteiger partial charge in [0.15, 0.2) is 0 Å². The van der Waals surface area contributed by atoms with Gasteiger partial charge in [-0.2, -0.15) is 5.10 Å². The van der Waals surface area contributed by atoms with E-state index in [-0.39, 0.29) is 19.3 Å². The Bertz CT molecular complexity index is 1050. The van der Waals surface area contributed by atoms with Crippen LogP contribution in [0.2, 0.25) is 0 Å². The molecule has 6 nitrogen and oxygen atoms in total. The summed E-state index contributed by atoms with van der Waals surface area (Å²) in [6, 6.07) is 18.2. The van der Waals surface area contributed by atoms with Gasteiger partial charge in [-0.1, -0.05) is 53.9 Å². The fourth-order valence-electron chi connectivity index (χ4n) is 3.61. The predicted octanol–water partition coefficient (Wildman–Crippen LogP) is 4.41. The van der Waals surface area contributed by atoms with Crippen molar-refractivity contribution in [2.24, 2.45) is 7.05 Å². The highest BCUT2D eigenvalue weighted by molar-refractivity contribution is 5.65. The van der Waals surface area contributed by atoms with Crippen LogP contribution in [0.3, 0.4) is 0 Å². The van der Waals surface area contributed by atoms with E-state index in [1.807, 2.05) is 68.6 Å². The Morgan fingerprint density at radius 2 is 1.82 bits per heavy atom. The highest BCUT2D eigenvalue weighted by atomic mass is 16.5. The van der Waals surface area contributed by atoms with Crippen molar-refractivity contribution in [3.05, 3.63) is 65.7 Å². The van der Waals surface area contributed by atoms with Crippen LogP contribution in [-0.4, -0.2) is 51.7 Å². The minimum Gasteiger partial charge on any atom is -0.439 e. The number of nitrogens with zero attached hydrogens (tertiary/aromatic N) is 3. The van der Waals surface area contributed by atoms with Crippen molar-refractivity contribution in [3.8, 4) is 35.2 Å².